The zero-order valence-electron chi connectivity index (χ0n) is 10.4. The van der Waals surface area contributed by atoms with E-state index in [0.29, 0.717) is 6.10 Å². The summed E-state index contributed by atoms with van der Waals surface area (Å²) in [4.78, 5) is 0. The first-order chi connectivity index (χ1) is 8.36. The first-order valence-electron chi connectivity index (χ1n) is 6.64. The summed E-state index contributed by atoms with van der Waals surface area (Å²) in [6.45, 7) is 5.27. The molecule has 0 amide bonds. The summed E-state index contributed by atoms with van der Waals surface area (Å²) in [5.74, 6) is 1.05. The predicted molar refractivity (Wildman–Crippen MR) is 69.9 cm³/mol. The molecule has 0 saturated carbocycles. The molecule has 2 aliphatic heterocycles. The van der Waals surface area contributed by atoms with Crippen LogP contribution in [0.3, 0.4) is 0 Å². The van der Waals surface area contributed by atoms with E-state index < -0.39 is 0 Å². The second kappa shape index (κ2) is 4.57. The highest BCUT2D eigenvalue weighted by atomic mass is 16.5. The van der Waals surface area contributed by atoms with Crippen LogP contribution in [0.4, 0.5) is 5.69 Å². The summed E-state index contributed by atoms with van der Waals surface area (Å²) in [7, 11) is 0. The lowest BCUT2D eigenvalue weighted by Gasteiger charge is -2.27. The molecule has 92 valence electrons. The maximum atomic E-state index is 6.01. The molecule has 2 N–H and O–H groups in total. The first-order valence-corrected chi connectivity index (χ1v) is 6.64. The predicted octanol–water partition coefficient (Wildman–Crippen LogP) is 1.96. The van der Waals surface area contributed by atoms with E-state index in [1.807, 2.05) is 0 Å². The van der Waals surface area contributed by atoms with Crippen molar-refractivity contribution < 1.29 is 4.74 Å². The Morgan fingerprint density at radius 2 is 2.00 bits per heavy atom. The highest BCUT2D eigenvalue weighted by Gasteiger charge is 2.20. The summed E-state index contributed by atoms with van der Waals surface area (Å²) in [6.07, 6.45) is 3.62. The summed E-state index contributed by atoms with van der Waals surface area (Å²) in [5, 5.41) is 6.93. The molecule has 0 spiro atoms. The van der Waals surface area contributed by atoms with Gasteiger partial charge in [0.25, 0.3) is 0 Å². The second-order valence-corrected chi connectivity index (χ2v) is 4.90. The van der Waals surface area contributed by atoms with E-state index in [2.05, 4.69) is 29.7 Å². The van der Waals surface area contributed by atoms with Crippen molar-refractivity contribution >= 4 is 5.69 Å². The molecule has 0 aliphatic carbocycles. The molecule has 1 atom stereocenters. The van der Waals surface area contributed by atoms with E-state index in [9.17, 15) is 0 Å². The normalized spacial score (nSPS) is 22.8. The molecule has 0 fully saturated rings. The summed E-state index contributed by atoms with van der Waals surface area (Å²) >= 11 is 0. The summed E-state index contributed by atoms with van der Waals surface area (Å²) < 4.78 is 6.01. The third kappa shape index (κ3) is 2.12. The first kappa shape index (κ1) is 10.9. The highest BCUT2D eigenvalue weighted by Crippen LogP contribution is 2.33. The van der Waals surface area contributed by atoms with Gasteiger partial charge in [0.2, 0.25) is 0 Å². The lowest BCUT2D eigenvalue weighted by Crippen LogP contribution is -2.30. The Morgan fingerprint density at radius 1 is 1.24 bits per heavy atom. The van der Waals surface area contributed by atoms with Gasteiger partial charge in [0, 0.05) is 0 Å². The number of anilines is 1. The molecule has 2 heterocycles. The van der Waals surface area contributed by atoms with Crippen molar-refractivity contribution in [3.8, 4) is 5.75 Å². The fraction of sp³-hybridized carbons (Fsp3) is 0.571. The quantitative estimate of drug-likeness (QED) is 0.776. The van der Waals surface area contributed by atoms with Crippen LogP contribution in [0.2, 0.25) is 0 Å². The van der Waals surface area contributed by atoms with Crippen molar-refractivity contribution in [2.45, 2.75) is 32.3 Å². The third-order valence-corrected chi connectivity index (χ3v) is 3.71. The van der Waals surface area contributed by atoms with E-state index >= 15 is 0 Å². The van der Waals surface area contributed by atoms with Gasteiger partial charge in [-0.1, -0.05) is 6.92 Å². The van der Waals surface area contributed by atoms with Gasteiger partial charge >= 0.3 is 0 Å². The minimum Gasteiger partial charge on any atom is -0.486 e. The average molecular weight is 232 g/mol. The van der Waals surface area contributed by atoms with Crippen LogP contribution in [-0.2, 0) is 12.8 Å². The largest absolute Gasteiger partial charge is 0.486 e. The number of fused-ring (bicyclic) bond motifs is 2. The van der Waals surface area contributed by atoms with Gasteiger partial charge < -0.3 is 15.4 Å². The fourth-order valence-corrected chi connectivity index (χ4v) is 2.61. The maximum absolute atomic E-state index is 6.01. The monoisotopic (exact) mass is 232 g/mol. The molecule has 17 heavy (non-hydrogen) atoms. The van der Waals surface area contributed by atoms with Crippen LogP contribution in [0, 0.1) is 0 Å². The lowest BCUT2D eigenvalue weighted by atomic mass is 10.0. The van der Waals surface area contributed by atoms with E-state index in [4.69, 9.17) is 4.74 Å². The van der Waals surface area contributed by atoms with Crippen LogP contribution in [0.1, 0.15) is 24.5 Å². The van der Waals surface area contributed by atoms with Crippen molar-refractivity contribution in [2.75, 3.05) is 25.0 Å². The Hall–Kier alpha value is -1.22. The molecular weight excluding hydrogens is 212 g/mol. The van der Waals surface area contributed by atoms with Gasteiger partial charge in [-0.3, -0.25) is 0 Å². The topological polar surface area (TPSA) is 33.3 Å². The molecule has 1 aromatic carbocycles. The molecule has 0 saturated heterocycles. The van der Waals surface area contributed by atoms with Crippen LogP contribution < -0.4 is 15.4 Å². The second-order valence-electron chi connectivity index (χ2n) is 4.90. The van der Waals surface area contributed by atoms with Crippen LogP contribution >= 0.6 is 0 Å². The van der Waals surface area contributed by atoms with Gasteiger partial charge in [0.1, 0.15) is 11.9 Å². The molecular formula is C14H20N2O. The number of ether oxygens (including phenoxy) is 1. The minimum absolute atomic E-state index is 0.324. The molecule has 1 aromatic rings. The van der Waals surface area contributed by atoms with E-state index in [0.717, 1.165) is 44.6 Å². The molecule has 3 heteroatoms. The van der Waals surface area contributed by atoms with Crippen LogP contribution in [0.5, 0.6) is 5.75 Å². The van der Waals surface area contributed by atoms with E-state index in [1.165, 1.54) is 16.8 Å². The van der Waals surface area contributed by atoms with Gasteiger partial charge in [-0.25, -0.2) is 0 Å². The Balaban J connectivity index is 1.93. The van der Waals surface area contributed by atoms with Crippen molar-refractivity contribution in [2.24, 2.45) is 0 Å². The van der Waals surface area contributed by atoms with Crippen molar-refractivity contribution in [1.82, 2.24) is 5.32 Å². The Bertz CT molecular complexity index is 417. The molecule has 0 aromatic heterocycles. The number of nitrogens with one attached hydrogen (secondary N) is 2. The molecule has 3 nitrogen and oxygen atoms in total. The minimum atomic E-state index is 0.324. The third-order valence-electron chi connectivity index (χ3n) is 3.71. The Kier molecular flexibility index (Phi) is 2.93. The summed E-state index contributed by atoms with van der Waals surface area (Å²) in [5.41, 5.74) is 4.10. The smallest absolute Gasteiger partial charge is 0.143 e. The summed E-state index contributed by atoms with van der Waals surface area (Å²) in [6, 6.07) is 4.52. The number of hydrogen-bond donors (Lipinski definition) is 2. The molecule has 2 aliphatic rings. The number of hydrogen-bond acceptors (Lipinski definition) is 3. The fourth-order valence-electron chi connectivity index (χ4n) is 2.61. The van der Waals surface area contributed by atoms with Crippen LogP contribution in [0.25, 0.3) is 0 Å². The molecule has 0 radical (unpaired) electrons. The Morgan fingerprint density at radius 3 is 2.76 bits per heavy atom. The number of rotatable bonds is 1. The van der Waals surface area contributed by atoms with Crippen molar-refractivity contribution in [1.29, 1.82) is 0 Å². The van der Waals surface area contributed by atoms with Crippen molar-refractivity contribution in [3.63, 3.8) is 0 Å². The number of benzene rings is 1. The van der Waals surface area contributed by atoms with E-state index in [1.54, 1.807) is 0 Å². The van der Waals surface area contributed by atoms with Gasteiger partial charge in [0.15, 0.2) is 0 Å². The zero-order valence-corrected chi connectivity index (χ0v) is 10.4. The van der Waals surface area contributed by atoms with Gasteiger partial charge in [-0.2, -0.15) is 0 Å². The average Bonchev–Trinajstić information content (AvgIpc) is 2.60. The van der Waals surface area contributed by atoms with Gasteiger partial charge in [-0.05, 0) is 55.6 Å². The van der Waals surface area contributed by atoms with Crippen molar-refractivity contribution in [3.05, 3.63) is 23.3 Å². The standard InChI is InChI=1S/C14H20N2O/c1-2-12-9-16-13-7-10-3-5-15-6-4-11(10)8-14(13)17-12/h7-8,12,15-16H,2-6,9H2,1H3/t12-/m1/s1. The zero-order chi connectivity index (χ0) is 11.7. The lowest BCUT2D eigenvalue weighted by molar-refractivity contribution is 0.201. The van der Waals surface area contributed by atoms with E-state index in [-0.39, 0.29) is 0 Å². The molecule has 0 unspecified atom stereocenters. The SMILES string of the molecule is CC[C@@H]1CNc2cc3c(cc2O1)CCNCC3. The van der Waals surface area contributed by atoms with Crippen LogP contribution in [-0.4, -0.2) is 25.7 Å². The van der Waals surface area contributed by atoms with Gasteiger partial charge in [0.05, 0.1) is 12.2 Å². The molecule has 0 bridgehead atoms. The Labute approximate surface area is 103 Å². The molecule has 3 rings (SSSR count). The highest BCUT2D eigenvalue weighted by molar-refractivity contribution is 5.62. The van der Waals surface area contributed by atoms with Crippen LogP contribution in [0.15, 0.2) is 12.1 Å². The van der Waals surface area contributed by atoms with Gasteiger partial charge in [-0.15, -0.1) is 0 Å². The maximum Gasteiger partial charge on any atom is 0.143 e.